The first-order chi connectivity index (χ1) is 8.65. The molecule has 1 aromatic carbocycles. The lowest BCUT2D eigenvalue weighted by Crippen LogP contribution is -1.98. The molecule has 0 aliphatic carbocycles. The number of ether oxygens (including phenoxy) is 2. The van der Waals surface area contributed by atoms with E-state index in [4.69, 9.17) is 9.47 Å². The summed E-state index contributed by atoms with van der Waals surface area (Å²) >= 11 is 0. The van der Waals surface area contributed by atoms with Crippen LogP contribution in [0.2, 0.25) is 0 Å². The molecule has 1 aromatic rings. The standard InChI is InChI=1S/C13H18N2O3/c1-5-13(14-2)15-8-10-11(17-3)6-9(16)7-12(10)18-4/h6-8,16H,5H2,1-4H3. The molecule has 0 saturated carbocycles. The second kappa shape index (κ2) is 6.64. The van der Waals surface area contributed by atoms with Gasteiger partial charge in [0.25, 0.3) is 0 Å². The second-order valence-electron chi connectivity index (χ2n) is 3.52. The van der Waals surface area contributed by atoms with Gasteiger partial charge in [-0.3, -0.25) is 4.99 Å². The van der Waals surface area contributed by atoms with Gasteiger partial charge in [0, 0.05) is 31.8 Å². The third-order valence-electron chi connectivity index (χ3n) is 2.45. The van der Waals surface area contributed by atoms with Crippen molar-refractivity contribution in [3.8, 4) is 17.2 Å². The van der Waals surface area contributed by atoms with Gasteiger partial charge >= 0.3 is 0 Å². The first kappa shape index (κ1) is 14.0. The molecule has 0 atom stereocenters. The van der Waals surface area contributed by atoms with Crippen LogP contribution in [-0.2, 0) is 0 Å². The first-order valence-corrected chi connectivity index (χ1v) is 5.61. The van der Waals surface area contributed by atoms with Crippen LogP contribution in [0.4, 0.5) is 0 Å². The highest BCUT2D eigenvalue weighted by Crippen LogP contribution is 2.32. The van der Waals surface area contributed by atoms with Gasteiger partial charge in [0.2, 0.25) is 0 Å². The fraction of sp³-hybridized carbons (Fsp3) is 0.385. The van der Waals surface area contributed by atoms with Crippen LogP contribution >= 0.6 is 0 Å². The highest BCUT2D eigenvalue weighted by molar-refractivity contribution is 5.97. The molecule has 1 rings (SSSR count). The topological polar surface area (TPSA) is 63.4 Å². The minimum absolute atomic E-state index is 0.0840. The van der Waals surface area contributed by atoms with Crippen LogP contribution in [0.3, 0.4) is 0 Å². The summed E-state index contributed by atoms with van der Waals surface area (Å²) in [5, 5.41) is 9.52. The summed E-state index contributed by atoms with van der Waals surface area (Å²) in [5.74, 6) is 1.82. The molecule has 0 aliphatic rings. The van der Waals surface area contributed by atoms with E-state index < -0.39 is 0 Å². The van der Waals surface area contributed by atoms with Crippen molar-refractivity contribution in [1.29, 1.82) is 0 Å². The molecular formula is C13H18N2O3. The Morgan fingerprint density at radius 3 is 2.22 bits per heavy atom. The Morgan fingerprint density at radius 2 is 1.83 bits per heavy atom. The Bertz CT molecular complexity index is 442. The summed E-state index contributed by atoms with van der Waals surface area (Å²) in [6, 6.07) is 3.02. The molecule has 0 aromatic heterocycles. The number of methoxy groups -OCH3 is 2. The van der Waals surface area contributed by atoms with Crippen molar-refractivity contribution in [2.45, 2.75) is 13.3 Å². The van der Waals surface area contributed by atoms with Gasteiger partial charge in [0.15, 0.2) is 0 Å². The van der Waals surface area contributed by atoms with Gasteiger partial charge in [-0.2, -0.15) is 0 Å². The molecule has 0 unspecified atom stereocenters. The fourth-order valence-electron chi connectivity index (χ4n) is 1.50. The lowest BCUT2D eigenvalue weighted by atomic mass is 10.2. The Morgan fingerprint density at radius 1 is 1.28 bits per heavy atom. The van der Waals surface area contributed by atoms with Crippen molar-refractivity contribution in [2.75, 3.05) is 21.3 Å². The molecule has 1 N–H and O–H groups in total. The number of aliphatic imine (C=N–C) groups is 2. The molecule has 0 heterocycles. The van der Waals surface area contributed by atoms with Crippen LogP contribution in [-0.4, -0.2) is 38.4 Å². The highest BCUT2D eigenvalue weighted by atomic mass is 16.5. The van der Waals surface area contributed by atoms with E-state index in [0.717, 1.165) is 12.3 Å². The van der Waals surface area contributed by atoms with Gasteiger partial charge in [-0.25, -0.2) is 4.99 Å². The number of phenols is 1. The summed E-state index contributed by atoms with van der Waals surface area (Å²) in [5.41, 5.74) is 0.674. The van der Waals surface area contributed by atoms with E-state index in [-0.39, 0.29) is 5.75 Å². The van der Waals surface area contributed by atoms with E-state index in [1.54, 1.807) is 13.3 Å². The largest absolute Gasteiger partial charge is 0.508 e. The van der Waals surface area contributed by atoms with Gasteiger partial charge < -0.3 is 14.6 Å². The van der Waals surface area contributed by atoms with Crippen molar-refractivity contribution in [2.24, 2.45) is 9.98 Å². The first-order valence-electron chi connectivity index (χ1n) is 5.61. The van der Waals surface area contributed by atoms with E-state index in [1.165, 1.54) is 26.4 Å². The quantitative estimate of drug-likeness (QED) is 0.658. The number of aromatic hydroxyl groups is 1. The van der Waals surface area contributed by atoms with Gasteiger partial charge in [-0.1, -0.05) is 6.92 Å². The van der Waals surface area contributed by atoms with Gasteiger partial charge in [-0.05, 0) is 0 Å². The van der Waals surface area contributed by atoms with E-state index in [2.05, 4.69) is 9.98 Å². The Kier molecular flexibility index (Phi) is 5.17. The van der Waals surface area contributed by atoms with Gasteiger partial charge in [0.05, 0.1) is 19.8 Å². The van der Waals surface area contributed by atoms with E-state index in [9.17, 15) is 5.11 Å². The molecule has 0 saturated heterocycles. The molecule has 0 amide bonds. The van der Waals surface area contributed by atoms with Crippen molar-refractivity contribution < 1.29 is 14.6 Å². The third kappa shape index (κ3) is 3.23. The smallest absolute Gasteiger partial charge is 0.135 e. The molecule has 18 heavy (non-hydrogen) atoms. The van der Waals surface area contributed by atoms with Crippen LogP contribution in [0.15, 0.2) is 22.1 Å². The molecular weight excluding hydrogens is 232 g/mol. The van der Waals surface area contributed by atoms with Crippen molar-refractivity contribution in [3.63, 3.8) is 0 Å². The SMILES string of the molecule is CCC(N=Cc1c(OC)cc(O)cc1OC)=NC. The molecule has 98 valence electrons. The summed E-state index contributed by atoms with van der Waals surface area (Å²) in [7, 11) is 4.75. The zero-order valence-electron chi connectivity index (χ0n) is 11.1. The number of hydrogen-bond donors (Lipinski definition) is 1. The Hall–Kier alpha value is -2.04. The van der Waals surface area contributed by atoms with Crippen LogP contribution in [0.25, 0.3) is 0 Å². The molecule has 5 nitrogen and oxygen atoms in total. The van der Waals surface area contributed by atoms with Crippen LogP contribution in [0, 0.1) is 0 Å². The average Bonchev–Trinajstić information content (AvgIpc) is 2.40. The zero-order valence-corrected chi connectivity index (χ0v) is 11.1. The number of amidine groups is 1. The lowest BCUT2D eigenvalue weighted by Gasteiger charge is -2.10. The summed E-state index contributed by atoms with van der Waals surface area (Å²) in [6.45, 7) is 1.98. The second-order valence-corrected chi connectivity index (χ2v) is 3.52. The number of benzene rings is 1. The number of hydrogen-bond acceptors (Lipinski definition) is 4. The van der Waals surface area contributed by atoms with E-state index in [0.29, 0.717) is 17.1 Å². The minimum Gasteiger partial charge on any atom is -0.508 e. The average molecular weight is 250 g/mol. The highest BCUT2D eigenvalue weighted by Gasteiger charge is 2.10. The summed E-state index contributed by atoms with van der Waals surface area (Å²) in [6.07, 6.45) is 2.37. The van der Waals surface area contributed by atoms with E-state index in [1.807, 2.05) is 6.92 Å². The number of rotatable bonds is 4. The predicted octanol–water partition coefficient (Wildman–Crippen LogP) is 2.27. The van der Waals surface area contributed by atoms with Crippen molar-refractivity contribution in [3.05, 3.63) is 17.7 Å². The van der Waals surface area contributed by atoms with Crippen molar-refractivity contribution >= 4 is 12.1 Å². The molecule has 0 bridgehead atoms. The summed E-state index contributed by atoms with van der Waals surface area (Å²) < 4.78 is 10.4. The maximum absolute atomic E-state index is 9.52. The van der Waals surface area contributed by atoms with Gasteiger partial charge in [0.1, 0.15) is 23.1 Å². The van der Waals surface area contributed by atoms with Crippen LogP contribution in [0.5, 0.6) is 17.2 Å². The Labute approximate surface area is 107 Å². The predicted molar refractivity (Wildman–Crippen MR) is 72.5 cm³/mol. The van der Waals surface area contributed by atoms with Crippen molar-refractivity contribution in [1.82, 2.24) is 0 Å². The lowest BCUT2D eigenvalue weighted by molar-refractivity contribution is 0.384. The maximum atomic E-state index is 9.52. The van der Waals surface area contributed by atoms with E-state index >= 15 is 0 Å². The maximum Gasteiger partial charge on any atom is 0.135 e. The number of phenolic OH excluding ortho intramolecular Hbond substituents is 1. The number of nitrogens with zero attached hydrogens (tertiary/aromatic N) is 2. The third-order valence-corrected chi connectivity index (χ3v) is 2.45. The summed E-state index contributed by atoms with van der Waals surface area (Å²) in [4.78, 5) is 8.30. The molecule has 0 fully saturated rings. The monoisotopic (exact) mass is 250 g/mol. The van der Waals surface area contributed by atoms with Gasteiger partial charge in [-0.15, -0.1) is 0 Å². The zero-order chi connectivity index (χ0) is 13.5. The Balaban J connectivity index is 3.21. The molecule has 0 spiro atoms. The fourth-order valence-corrected chi connectivity index (χ4v) is 1.50. The van der Waals surface area contributed by atoms with Crippen LogP contribution in [0.1, 0.15) is 18.9 Å². The minimum atomic E-state index is 0.0840. The molecule has 5 heteroatoms. The van der Waals surface area contributed by atoms with Crippen LogP contribution < -0.4 is 9.47 Å². The normalized spacial score (nSPS) is 11.9. The molecule has 0 radical (unpaired) electrons. The molecule has 0 aliphatic heterocycles.